The van der Waals surface area contributed by atoms with Crippen LogP contribution in [0.2, 0.25) is 10.0 Å². The van der Waals surface area contributed by atoms with Gasteiger partial charge in [0.05, 0.1) is 5.71 Å². The van der Waals surface area contributed by atoms with Gasteiger partial charge in [0, 0.05) is 39.6 Å². The summed E-state index contributed by atoms with van der Waals surface area (Å²) in [7, 11) is 0. The Kier molecular flexibility index (Phi) is 5.85. The van der Waals surface area contributed by atoms with Crippen molar-refractivity contribution < 1.29 is 9.63 Å². The van der Waals surface area contributed by atoms with Crippen molar-refractivity contribution in [3.63, 3.8) is 0 Å². The fourth-order valence-electron chi connectivity index (χ4n) is 3.36. The van der Waals surface area contributed by atoms with Crippen molar-refractivity contribution in [2.75, 3.05) is 11.5 Å². The summed E-state index contributed by atoms with van der Waals surface area (Å²) >= 11 is 14.1. The number of hydrogen-bond donors (Lipinski definition) is 1. The number of hydrogen-bond acceptors (Lipinski definition) is 4. The molecule has 2 aliphatic heterocycles. The Morgan fingerprint density at radius 2 is 1.96 bits per heavy atom. The summed E-state index contributed by atoms with van der Waals surface area (Å²) in [5.41, 5.74) is 4.49. The van der Waals surface area contributed by atoms with E-state index in [1.165, 1.54) is 0 Å². The molecule has 1 N–H and O–H groups in total. The molecule has 0 aromatic heterocycles. The number of carbonyl (C=O) groups is 1. The largest absolute Gasteiger partial charge is 0.387 e. The topological polar surface area (TPSA) is 50.7 Å². The van der Waals surface area contributed by atoms with E-state index >= 15 is 0 Å². The second-order valence-electron chi connectivity index (χ2n) is 6.97. The van der Waals surface area contributed by atoms with Crippen LogP contribution < -0.4 is 5.32 Å². The summed E-state index contributed by atoms with van der Waals surface area (Å²) in [5, 5.41) is 8.52. The quantitative estimate of drug-likeness (QED) is 0.697. The van der Waals surface area contributed by atoms with Crippen molar-refractivity contribution in [1.29, 1.82) is 0 Å². The predicted molar refractivity (Wildman–Crippen MR) is 116 cm³/mol. The highest BCUT2D eigenvalue weighted by Gasteiger charge is 2.26. The molecule has 2 aromatic carbocycles. The van der Waals surface area contributed by atoms with Crippen LogP contribution in [0.1, 0.15) is 46.5 Å². The zero-order chi connectivity index (χ0) is 19.7. The third-order valence-corrected chi connectivity index (χ3v) is 6.68. The van der Waals surface area contributed by atoms with Crippen LogP contribution >= 0.6 is 35.0 Å². The van der Waals surface area contributed by atoms with Gasteiger partial charge in [0.2, 0.25) is 0 Å². The van der Waals surface area contributed by atoms with Crippen LogP contribution in [-0.2, 0) is 11.3 Å². The van der Waals surface area contributed by atoms with Gasteiger partial charge in [-0.1, -0.05) is 41.3 Å². The Morgan fingerprint density at radius 1 is 1.21 bits per heavy atom. The number of nitrogens with one attached hydrogen (secondary N) is 1. The number of oxime groups is 1. The molecule has 0 bridgehead atoms. The number of rotatable bonds is 5. The Morgan fingerprint density at radius 3 is 2.61 bits per heavy atom. The normalized spacial score (nSPS) is 19.0. The summed E-state index contributed by atoms with van der Waals surface area (Å²) in [6.45, 7) is 2.05. The minimum atomic E-state index is -0.213. The average Bonchev–Trinajstić information content (AvgIpc) is 3.13. The maximum atomic E-state index is 12.6. The third-order valence-electron chi connectivity index (χ3n) is 4.96. The fraction of sp³-hybridized carbons (Fsp3) is 0.333. The van der Waals surface area contributed by atoms with Crippen molar-refractivity contribution >= 4 is 46.6 Å². The minimum absolute atomic E-state index is 0.00440. The van der Waals surface area contributed by atoms with E-state index in [1.54, 1.807) is 6.07 Å². The zero-order valence-corrected chi connectivity index (χ0v) is 17.7. The van der Waals surface area contributed by atoms with Crippen LogP contribution in [-0.4, -0.2) is 29.2 Å². The molecule has 0 spiro atoms. The summed E-state index contributed by atoms with van der Waals surface area (Å²) in [4.78, 5) is 18.2. The van der Waals surface area contributed by atoms with Crippen molar-refractivity contribution in [2.24, 2.45) is 5.16 Å². The zero-order valence-electron chi connectivity index (χ0n) is 15.4. The van der Waals surface area contributed by atoms with Gasteiger partial charge in [-0.3, -0.25) is 4.79 Å². The molecule has 2 aliphatic rings. The smallest absolute Gasteiger partial charge is 0.251 e. The SMILES string of the molecule is CCc1cc(C2=NOC(c3cc(Cl)cc(Cl)c3)C2)ccc1C(=O)NC1CSC1. The number of thioether (sulfide) groups is 1. The van der Waals surface area contributed by atoms with Gasteiger partial charge in [-0.05, 0) is 53.4 Å². The molecule has 2 aromatic rings. The lowest BCUT2D eigenvalue weighted by Crippen LogP contribution is -2.44. The van der Waals surface area contributed by atoms with Gasteiger partial charge in [-0.15, -0.1) is 0 Å². The molecule has 2 heterocycles. The Labute approximate surface area is 178 Å². The second kappa shape index (κ2) is 8.36. The Hall–Kier alpha value is -1.69. The highest BCUT2D eigenvalue weighted by atomic mass is 35.5. The first-order valence-electron chi connectivity index (χ1n) is 9.24. The van der Waals surface area contributed by atoms with Crippen LogP contribution in [0.3, 0.4) is 0 Å². The molecule has 0 radical (unpaired) electrons. The van der Waals surface area contributed by atoms with E-state index in [0.29, 0.717) is 22.5 Å². The van der Waals surface area contributed by atoms with E-state index in [9.17, 15) is 4.79 Å². The third kappa shape index (κ3) is 4.17. The standard InChI is InChI=1S/C21H20Cl2N2O2S/c1-2-12-5-13(3-4-18(12)21(26)24-17-10-28-11-17)19-9-20(27-25-19)14-6-15(22)8-16(23)7-14/h3-8,17,20H,2,9-11H2,1H3,(H,24,26). The van der Waals surface area contributed by atoms with E-state index in [4.69, 9.17) is 28.0 Å². The summed E-state index contributed by atoms with van der Waals surface area (Å²) in [6.07, 6.45) is 1.19. The van der Waals surface area contributed by atoms with Gasteiger partial charge < -0.3 is 10.2 Å². The molecule has 1 atom stereocenters. The highest BCUT2D eigenvalue weighted by molar-refractivity contribution is 8.00. The molecule has 4 rings (SSSR count). The summed E-state index contributed by atoms with van der Waals surface area (Å²) in [5.74, 6) is 1.99. The molecule has 7 heteroatoms. The van der Waals surface area contributed by atoms with Crippen LogP contribution in [0.25, 0.3) is 0 Å². The van der Waals surface area contributed by atoms with Crippen molar-refractivity contribution in [3.8, 4) is 0 Å². The molecule has 1 amide bonds. The first-order chi connectivity index (χ1) is 13.5. The lowest BCUT2D eigenvalue weighted by Gasteiger charge is -2.26. The molecular formula is C21H20Cl2N2O2S. The first kappa shape index (κ1) is 19.6. The summed E-state index contributed by atoms with van der Waals surface area (Å²) < 4.78 is 0. The van der Waals surface area contributed by atoms with E-state index in [0.717, 1.165) is 45.9 Å². The van der Waals surface area contributed by atoms with Gasteiger partial charge in [0.15, 0.2) is 6.10 Å². The lowest BCUT2D eigenvalue weighted by atomic mass is 9.95. The van der Waals surface area contributed by atoms with Crippen molar-refractivity contribution in [2.45, 2.75) is 31.9 Å². The lowest BCUT2D eigenvalue weighted by molar-refractivity contribution is 0.0857. The van der Waals surface area contributed by atoms with Gasteiger partial charge in [0.25, 0.3) is 5.91 Å². The Bertz CT molecular complexity index is 924. The van der Waals surface area contributed by atoms with Crippen molar-refractivity contribution in [1.82, 2.24) is 5.32 Å². The second-order valence-corrected chi connectivity index (χ2v) is 8.92. The van der Waals surface area contributed by atoms with Gasteiger partial charge >= 0.3 is 0 Å². The maximum absolute atomic E-state index is 12.6. The molecule has 4 nitrogen and oxygen atoms in total. The molecular weight excluding hydrogens is 415 g/mol. The van der Waals surface area contributed by atoms with Gasteiger partial charge in [0.1, 0.15) is 0 Å². The fourth-order valence-corrected chi connectivity index (χ4v) is 4.54. The van der Waals surface area contributed by atoms with E-state index in [2.05, 4.69) is 17.4 Å². The molecule has 0 saturated carbocycles. The van der Waals surface area contributed by atoms with Crippen molar-refractivity contribution in [3.05, 3.63) is 68.7 Å². The molecule has 146 valence electrons. The molecule has 28 heavy (non-hydrogen) atoms. The van der Waals surface area contributed by atoms with Crippen LogP contribution in [0.4, 0.5) is 0 Å². The van der Waals surface area contributed by atoms with Gasteiger partial charge in [-0.2, -0.15) is 11.8 Å². The van der Waals surface area contributed by atoms with Crippen LogP contribution in [0.15, 0.2) is 41.6 Å². The van der Waals surface area contributed by atoms with Gasteiger partial charge in [-0.25, -0.2) is 0 Å². The number of aryl methyl sites for hydroxylation is 1. The predicted octanol–water partition coefficient (Wildman–Crippen LogP) is 5.27. The average molecular weight is 435 g/mol. The number of amides is 1. The number of halogens is 2. The summed E-state index contributed by atoms with van der Waals surface area (Å²) in [6, 6.07) is 11.6. The highest BCUT2D eigenvalue weighted by Crippen LogP contribution is 2.33. The number of benzene rings is 2. The molecule has 0 aliphatic carbocycles. The van der Waals surface area contributed by atoms with Crippen LogP contribution in [0.5, 0.6) is 0 Å². The molecule has 1 unspecified atom stereocenters. The van der Waals surface area contributed by atoms with E-state index in [1.807, 2.05) is 42.1 Å². The molecule has 1 fully saturated rings. The minimum Gasteiger partial charge on any atom is -0.387 e. The first-order valence-corrected chi connectivity index (χ1v) is 11.1. The monoisotopic (exact) mass is 434 g/mol. The van der Waals surface area contributed by atoms with E-state index in [-0.39, 0.29) is 12.0 Å². The number of carbonyl (C=O) groups excluding carboxylic acids is 1. The van der Waals surface area contributed by atoms with E-state index < -0.39 is 0 Å². The number of nitrogens with zero attached hydrogens (tertiary/aromatic N) is 1. The Balaban J connectivity index is 1.50. The molecule has 1 saturated heterocycles. The maximum Gasteiger partial charge on any atom is 0.251 e. The van der Waals surface area contributed by atoms with Crippen LogP contribution in [0, 0.1) is 0 Å².